The molecule has 1 aliphatic rings. The highest BCUT2D eigenvalue weighted by molar-refractivity contribution is 6.30. The number of anilines is 2. The van der Waals surface area contributed by atoms with Gasteiger partial charge in [0.2, 0.25) is 0 Å². The molecule has 3 nitrogen and oxygen atoms in total. The smallest absolute Gasteiger partial charge is 0.164 e. The van der Waals surface area contributed by atoms with E-state index in [1.807, 2.05) is 37.3 Å². The van der Waals surface area contributed by atoms with Crippen LogP contribution in [0.3, 0.4) is 0 Å². The zero-order valence-electron chi connectivity index (χ0n) is 13.3. The van der Waals surface area contributed by atoms with E-state index in [1.165, 1.54) is 5.69 Å². The molecular formula is C19H21ClN2O. The van der Waals surface area contributed by atoms with Crippen LogP contribution in [-0.4, -0.2) is 32.0 Å². The van der Waals surface area contributed by atoms with E-state index in [-0.39, 0.29) is 5.78 Å². The van der Waals surface area contributed by atoms with E-state index in [0.29, 0.717) is 6.42 Å². The molecule has 1 heterocycles. The van der Waals surface area contributed by atoms with Gasteiger partial charge in [-0.05, 0) is 36.4 Å². The summed E-state index contributed by atoms with van der Waals surface area (Å²) in [6, 6.07) is 15.9. The Hall–Kier alpha value is -2.00. The Kier molecular flexibility index (Phi) is 4.87. The van der Waals surface area contributed by atoms with Gasteiger partial charge in [-0.3, -0.25) is 4.79 Å². The Balaban J connectivity index is 1.72. The number of Topliss-reactive ketones (excluding diaryl/α,β-unsaturated/α-hetero) is 1. The van der Waals surface area contributed by atoms with Gasteiger partial charge < -0.3 is 9.80 Å². The average molecular weight is 329 g/mol. The zero-order valence-corrected chi connectivity index (χ0v) is 14.1. The van der Waals surface area contributed by atoms with Gasteiger partial charge in [0.25, 0.3) is 0 Å². The molecule has 0 aliphatic carbocycles. The summed E-state index contributed by atoms with van der Waals surface area (Å²) in [5.74, 6) is 0.209. The molecule has 1 fully saturated rings. The molecule has 120 valence electrons. The van der Waals surface area contributed by atoms with Crippen molar-refractivity contribution in [3.63, 3.8) is 0 Å². The summed E-state index contributed by atoms with van der Waals surface area (Å²) in [6.45, 7) is 5.62. The Morgan fingerprint density at radius 1 is 0.957 bits per heavy atom. The minimum absolute atomic E-state index is 0.209. The van der Waals surface area contributed by atoms with Crippen LogP contribution >= 0.6 is 11.6 Å². The first-order valence-electron chi connectivity index (χ1n) is 8.06. The summed E-state index contributed by atoms with van der Waals surface area (Å²) in [6.07, 6.45) is 0.543. The molecule has 1 aliphatic heterocycles. The number of piperazine rings is 1. The van der Waals surface area contributed by atoms with Gasteiger partial charge in [0.15, 0.2) is 5.78 Å². The highest BCUT2D eigenvalue weighted by atomic mass is 35.5. The van der Waals surface area contributed by atoms with Crippen LogP contribution in [0.15, 0.2) is 48.5 Å². The van der Waals surface area contributed by atoms with Crippen LogP contribution < -0.4 is 9.80 Å². The van der Waals surface area contributed by atoms with Crippen LogP contribution in [-0.2, 0) is 0 Å². The van der Waals surface area contributed by atoms with E-state index in [2.05, 4.69) is 28.0 Å². The Bertz CT molecular complexity index is 676. The van der Waals surface area contributed by atoms with Gasteiger partial charge in [0, 0.05) is 54.6 Å². The van der Waals surface area contributed by atoms with Gasteiger partial charge in [0.1, 0.15) is 0 Å². The fraction of sp³-hybridized carbons (Fsp3) is 0.316. The second-order valence-corrected chi connectivity index (χ2v) is 6.18. The lowest BCUT2D eigenvalue weighted by Crippen LogP contribution is -2.47. The van der Waals surface area contributed by atoms with E-state index in [0.717, 1.165) is 42.5 Å². The fourth-order valence-electron chi connectivity index (χ4n) is 3.03. The summed E-state index contributed by atoms with van der Waals surface area (Å²) in [4.78, 5) is 16.8. The van der Waals surface area contributed by atoms with Gasteiger partial charge in [0.05, 0.1) is 0 Å². The predicted molar refractivity (Wildman–Crippen MR) is 96.9 cm³/mol. The first-order chi connectivity index (χ1) is 11.2. The maximum atomic E-state index is 12.1. The maximum absolute atomic E-state index is 12.1. The number of carbonyl (C=O) groups is 1. The molecule has 2 aromatic rings. The fourth-order valence-corrected chi connectivity index (χ4v) is 3.16. The summed E-state index contributed by atoms with van der Waals surface area (Å²) >= 11 is 5.96. The summed E-state index contributed by atoms with van der Waals surface area (Å²) < 4.78 is 0. The van der Waals surface area contributed by atoms with Crippen LogP contribution in [0.4, 0.5) is 11.4 Å². The number of para-hydroxylation sites is 1. The van der Waals surface area contributed by atoms with E-state index >= 15 is 0 Å². The van der Waals surface area contributed by atoms with Gasteiger partial charge in [-0.15, -0.1) is 0 Å². The number of halogens is 1. The SMILES string of the molecule is CCC(=O)c1ccccc1N1CCN(c2ccc(Cl)cc2)CC1. The predicted octanol–water partition coefficient (Wildman–Crippen LogP) is 4.26. The number of nitrogens with zero attached hydrogens (tertiary/aromatic N) is 2. The van der Waals surface area contributed by atoms with Crippen LogP contribution in [0.1, 0.15) is 23.7 Å². The van der Waals surface area contributed by atoms with Crippen molar-refractivity contribution in [1.82, 2.24) is 0 Å². The maximum Gasteiger partial charge on any atom is 0.164 e. The molecular weight excluding hydrogens is 308 g/mol. The number of benzene rings is 2. The van der Waals surface area contributed by atoms with Crippen molar-refractivity contribution < 1.29 is 4.79 Å². The number of hydrogen-bond donors (Lipinski definition) is 0. The lowest BCUT2D eigenvalue weighted by atomic mass is 10.1. The van der Waals surface area contributed by atoms with Crippen molar-refractivity contribution in [2.75, 3.05) is 36.0 Å². The van der Waals surface area contributed by atoms with Gasteiger partial charge >= 0.3 is 0 Å². The highest BCUT2D eigenvalue weighted by Gasteiger charge is 2.20. The summed E-state index contributed by atoms with van der Waals surface area (Å²) in [5, 5.41) is 0.763. The lowest BCUT2D eigenvalue weighted by Gasteiger charge is -2.38. The lowest BCUT2D eigenvalue weighted by molar-refractivity contribution is 0.0988. The number of rotatable bonds is 4. The van der Waals surface area contributed by atoms with Crippen molar-refractivity contribution in [2.45, 2.75) is 13.3 Å². The normalized spacial score (nSPS) is 14.9. The van der Waals surface area contributed by atoms with Crippen LogP contribution in [0.25, 0.3) is 0 Å². The Morgan fingerprint density at radius 2 is 1.57 bits per heavy atom. The second-order valence-electron chi connectivity index (χ2n) is 5.74. The topological polar surface area (TPSA) is 23.6 Å². The van der Waals surface area contributed by atoms with Crippen LogP contribution in [0.2, 0.25) is 5.02 Å². The first kappa shape index (κ1) is 15.9. The third kappa shape index (κ3) is 3.50. The largest absolute Gasteiger partial charge is 0.368 e. The first-order valence-corrected chi connectivity index (χ1v) is 8.44. The standard InChI is InChI=1S/C19H21ClN2O/c1-2-19(23)17-5-3-4-6-18(17)22-13-11-21(12-14-22)16-9-7-15(20)8-10-16/h3-10H,2,11-14H2,1H3. The third-order valence-electron chi connectivity index (χ3n) is 4.34. The van der Waals surface area contributed by atoms with Crippen molar-refractivity contribution in [2.24, 2.45) is 0 Å². The minimum atomic E-state index is 0.209. The third-order valence-corrected chi connectivity index (χ3v) is 4.59. The van der Waals surface area contributed by atoms with Crippen molar-refractivity contribution in [3.05, 3.63) is 59.1 Å². The number of carbonyl (C=O) groups excluding carboxylic acids is 1. The molecule has 0 aromatic heterocycles. The minimum Gasteiger partial charge on any atom is -0.368 e. The Morgan fingerprint density at radius 3 is 2.22 bits per heavy atom. The van der Waals surface area contributed by atoms with Crippen molar-refractivity contribution >= 4 is 28.8 Å². The van der Waals surface area contributed by atoms with Crippen molar-refractivity contribution in [3.8, 4) is 0 Å². The molecule has 0 atom stereocenters. The molecule has 0 amide bonds. The molecule has 4 heteroatoms. The molecule has 0 radical (unpaired) electrons. The van der Waals surface area contributed by atoms with E-state index in [9.17, 15) is 4.79 Å². The average Bonchev–Trinajstić information content (AvgIpc) is 2.62. The molecule has 23 heavy (non-hydrogen) atoms. The van der Waals surface area contributed by atoms with Gasteiger partial charge in [-0.1, -0.05) is 30.7 Å². The second kappa shape index (κ2) is 7.05. The molecule has 0 N–H and O–H groups in total. The highest BCUT2D eigenvalue weighted by Crippen LogP contribution is 2.25. The molecule has 2 aromatic carbocycles. The number of hydrogen-bond acceptors (Lipinski definition) is 3. The van der Waals surface area contributed by atoms with E-state index in [1.54, 1.807) is 0 Å². The van der Waals surface area contributed by atoms with Gasteiger partial charge in [-0.2, -0.15) is 0 Å². The molecule has 0 unspecified atom stereocenters. The molecule has 1 saturated heterocycles. The van der Waals surface area contributed by atoms with Gasteiger partial charge in [-0.25, -0.2) is 0 Å². The molecule has 3 rings (SSSR count). The van der Waals surface area contributed by atoms with Crippen LogP contribution in [0, 0.1) is 0 Å². The van der Waals surface area contributed by atoms with E-state index < -0.39 is 0 Å². The molecule has 0 spiro atoms. The van der Waals surface area contributed by atoms with Crippen LogP contribution in [0.5, 0.6) is 0 Å². The summed E-state index contributed by atoms with van der Waals surface area (Å²) in [7, 11) is 0. The van der Waals surface area contributed by atoms with Crippen molar-refractivity contribution in [1.29, 1.82) is 0 Å². The molecule has 0 bridgehead atoms. The summed E-state index contributed by atoms with van der Waals surface area (Å²) in [5.41, 5.74) is 3.11. The van der Waals surface area contributed by atoms with E-state index in [4.69, 9.17) is 11.6 Å². The molecule has 0 saturated carbocycles. The Labute approximate surface area is 142 Å². The number of ketones is 1. The monoisotopic (exact) mass is 328 g/mol. The quantitative estimate of drug-likeness (QED) is 0.783. The zero-order chi connectivity index (χ0) is 16.2.